The molecule has 0 radical (unpaired) electrons. The molecule has 0 rings (SSSR count). The normalized spacial score (nSPS) is 14.1. The third kappa shape index (κ3) is 42.8. The molecule has 15 heteroatoms. The molecule has 57 heavy (non-hydrogen) atoms. The smallest absolute Gasteiger partial charge is 0.462 e. The van der Waals surface area contributed by atoms with Gasteiger partial charge in [-0.2, -0.15) is 0 Å². The van der Waals surface area contributed by atoms with Gasteiger partial charge in [-0.3, -0.25) is 23.2 Å². The summed E-state index contributed by atoms with van der Waals surface area (Å²) >= 11 is 0. The lowest BCUT2D eigenvalue weighted by Crippen LogP contribution is -2.30. The number of allylic oxidation sites excluding steroid dienone is 2. The first-order valence-corrected chi connectivity index (χ1v) is 25.4. The summed E-state index contributed by atoms with van der Waals surface area (Å²) in [5.74, 6) is -1.03. The predicted molar refractivity (Wildman–Crippen MR) is 226 cm³/mol. The van der Waals surface area contributed by atoms with E-state index in [9.17, 15) is 28.7 Å². The fourth-order valence-corrected chi connectivity index (χ4v) is 7.38. The number of hydrogen-bond donors (Lipinski definition) is 4. The van der Waals surface area contributed by atoms with Crippen molar-refractivity contribution in [3.63, 3.8) is 0 Å². The second kappa shape index (κ2) is 39.0. The Morgan fingerprint density at radius 2 is 0.860 bits per heavy atom. The van der Waals surface area contributed by atoms with Crippen molar-refractivity contribution in [3.05, 3.63) is 12.2 Å². The van der Waals surface area contributed by atoms with Crippen LogP contribution in [0.2, 0.25) is 0 Å². The molecule has 0 saturated carbocycles. The lowest BCUT2D eigenvalue weighted by atomic mass is 10.0. The Morgan fingerprint density at radius 1 is 0.491 bits per heavy atom. The molecule has 0 aromatic heterocycles. The molecule has 0 amide bonds. The average molecular weight is 857 g/mol. The number of aliphatic hydroxyl groups excluding tert-OH is 1. The van der Waals surface area contributed by atoms with E-state index < -0.39 is 59.6 Å². The first-order chi connectivity index (χ1) is 27.4. The number of carbonyl (C=O) groups is 2. The molecule has 3 atom stereocenters. The Hall–Kier alpha value is -1.14. The maximum absolute atomic E-state index is 12.7. The molecule has 0 saturated heterocycles. The fraction of sp³-hybridized carbons (Fsp3) is 0.905. The number of unbranched alkanes of at least 4 members (excludes halogenated alkanes) is 25. The van der Waals surface area contributed by atoms with E-state index in [-0.39, 0.29) is 19.4 Å². The Bertz CT molecular complexity index is 1070. The molecule has 13 nitrogen and oxygen atoms in total. The number of phosphoric acid groups is 2. The minimum absolute atomic E-state index is 0.126. The molecular formula is C42H82O13P2. The van der Waals surface area contributed by atoms with Crippen molar-refractivity contribution >= 4 is 27.6 Å². The highest BCUT2D eigenvalue weighted by atomic mass is 31.2. The van der Waals surface area contributed by atoms with Crippen LogP contribution in [0.3, 0.4) is 0 Å². The molecule has 0 fully saturated rings. The topological polar surface area (TPSA) is 195 Å². The average Bonchev–Trinajstić information content (AvgIpc) is 3.17. The maximum atomic E-state index is 12.7. The first-order valence-electron chi connectivity index (χ1n) is 22.4. The summed E-state index contributed by atoms with van der Waals surface area (Å²) in [5.41, 5.74) is 0. The van der Waals surface area contributed by atoms with Crippen LogP contribution in [-0.4, -0.2) is 70.4 Å². The van der Waals surface area contributed by atoms with Crippen LogP contribution in [0.1, 0.15) is 206 Å². The van der Waals surface area contributed by atoms with E-state index in [0.717, 1.165) is 57.8 Å². The second-order valence-electron chi connectivity index (χ2n) is 15.3. The van der Waals surface area contributed by atoms with Gasteiger partial charge >= 0.3 is 27.6 Å². The van der Waals surface area contributed by atoms with Gasteiger partial charge in [0, 0.05) is 12.8 Å². The van der Waals surface area contributed by atoms with Crippen molar-refractivity contribution < 1.29 is 61.6 Å². The summed E-state index contributed by atoms with van der Waals surface area (Å²) in [7, 11) is -9.66. The lowest BCUT2D eigenvalue weighted by Gasteiger charge is -2.20. The predicted octanol–water partition coefficient (Wildman–Crippen LogP) is 11.3. The molecule has 1 unspecified atom stereocenters. The molecule has 0 aliphatic rings. The van der Waals surface area contributed by atoms with E-state index in [2.05, 4.69) is 35.0 Å². The van der Waals surface area contributed by atoms with Gasteiger partial charge < -0.3 is 29.3 Å². The maximum Gasteiger partial charge on any atom is 0.472 e. The SMILES string of the molecule is CCCCCCCC/C=C\CCCCCCCC(=O)O[C@H](COC(=O)CCCCCCCCCCCCCCCCC)COP(=O)(O)OC[C@@H](O)COP(=O)(O)O. The number of rotatable bonds is 43. The van der Waals surface area contributed by atoms with E-state index >= 15 is 0 Å². The first kappa shape index (κ1) is 55.9. The van der Waals surface area contributed by atoms with Crippen LogP contribution in [-0.2, 0) is 41.8 Å². The zero-order chi connectivity index (χ0) is 42.3. The number of aliphatic hydroxyl groups is 1. The Labute approximate surface area is 345 Å². The monoisotopic (exact) mass is 857 g/mol. The molecule has 0 aliphatic carbocycles. The highest BCUT2D eigenvalue weighted by molar-refractivity contribution is 7.47. The van der Waals surface area contributed by atoms with Crippen LogP contribution in [0.4, 0.5) is 0 Å². The van der Waals surface area contributed by atoms with Gasteiger partial charge in [0.05, 0.1) is 19.8 Å². The molecular weight excluding hydrogens is 774 g/mol. The van der Waals surface area contributed by atoms with Gasteiger partial charge in [0.15, 0.2) is 6.10 Å². The Kier molecular flexibility index (Phi) is 38.2. The van der Waals surface area contributed by atoms with Gasteiger partial charge in [-0.15, -0.1) is 0 Å². The highest BCUT2D eigenvalue weighted by Crippen LogP contribution is 2.43. The van der Waals surface area contributed by atoms with Crippen molar-refractivity contribution in [2.24, 2.45) is 0 Å². The lowest BCUT2D eigenvalue weighted by molar-refractivity contribution is -0.161. The van der Waals surface area contributed by atoms with Gasteiger partial charge in [-0.1, -0.05) is 167 Å². The zero-order valence-electron chi connectivity index (χ0n) is 35.7. The highest BCUT2D eigenvalue weighted by Gasteiger charge is 2.28. The number of ether oxygens (including phenoxy) is 2. The Morgan fingerprint density at radius 3 is 1.30 bits per heavy atom. The molecule has 4 N–H and O–H groups in total. The molecule has 0 spiro atoms. The van der Waals surface area contributed by atoms with E-state index in [1.165, 1.54) is 109 Å². The molecule has 338 valence electrons. The van der Waals surface area contributed by atoms with Crippen LogP contribution in [0.25, 0.3) is 0 Å². The van der Waals surface area contributed by atoms with E-state index in [0.29, 0.717) is 12.8 Å². The summed E-state index contributed by atoms with van der Waals surface area (Å²) in [4.78, 5) is 52.7. The van der Waals surface area contributed by atoms with Crippen molar-refractivity contribution in [3.8, 4) is 0 Å². The largest absolute Gasteiger partial charge is 0.472 e. The summed E-state index contributed by atoms with van der Waals surface area (Å²) in [6.07, 6.45) is 34.8. The van der Waals surface area contributed by atoms with Crippen molar-refractivity contribution in [1.82, 2.24) is 0 Å². The van der Waals surface area contributed by atoms with Crippen molar-refractivity contribution in [2.45, 2.75) is 219 Å². The number of carbonyl (C=O) groups excluding carboxylic acids is 2. The van der Waals surface area contributed by atoms with Gasteiger partial charge in [0.1, 0.15) is 12.7 Å². The van der Waals surface area contributed by atoms with E-state index in [4.69, 9.17) is 23.8 Å². The molecule has 0 aromatic rings. The van der Waals surface area contributed by atoms with Gasteiger partial charge in [0.2, 0.25) is 0 Å². The Balaban J connectivity index is 4.49. The molecule has 0 aliphatic heterocycles. The van der Waals surface area contributed by atoms with Gasteiger partial charge in [0.25, 0.3) is 0 Å². The molecule has 0 heterocycles. The van der Waals surface area contributed by atoms with Crippen molar-refractivity contribution in [1.29, 1.82) is 0 Å². The van der Waals surface area contributed by atoms with E-state index in [1.54, 1.807) is 0 Å². The standard InChI is InChI=1S/C42H82O13P2/c1-3-5-7-9-11-13-15-17-19-21-23-25-27-29-31-33-41(44)51-37-40(38-54-57(49,50)53-36-39(43)35-52-56(46,47)48)55-42(45)34-32-30-28-26-24-22-20-18-16-14-12-10-8-6-4-2/h18,20,39-40,43H,3-17,19,21-38H2,1-2H3,(H,49,50)(H2,46,47,48)/b20-18-/t39-,40+/m0/s1. The van der Waals surface area contributed by atoms with Crippen LogP contribution in [0.5, 0.6) is 0 Å². The molecule has 0 bridgehead atoms. The van der Waals surface area contributed by atoms with Crippen molar-refractivity contribution in [2.75, 3.05) is 26.4 Å². The number of hydrogen-bond acceptors (Lipinski definition) is 10. The van der Waals surface area contributed by atoms with Gasteiger partial charge in [-0.25, -0.2) is 9.13 Å². The second-order valence-corrected chi connectivity index (χ2v) is 18.0. The molecule has 0 aromatic carbocycles. The zero-order valence-corrected chi connectivity index (χ0v) is 37.5. The van der Waals surface area contributed by atoms with Gasteiger partial charge in [-0.05, 0) is 38.5 Å². The minimum atomic E-state index is -4.86. The quantitative estimate of drug-likeness (QED) is 0.0196. The minimum Gasteiger partial charge on any atom is -0.462 e. The van der Waals surface area contributed by atoms with Crippen LogP contribution in [0.15, 0.2) is 12.2 Å². The summed E-state index contributed by atoms with van der Waals surface area (Å²) < 4.78 is 47.8. The van der Waals surface area contributed by atoms with Crippen LogP contribution in [0, 0.1) is 0 Å². The third-order valence-corrected chi connectivity index (χ3v) is 11.1. The van der Waals surface area contributed by atoms with Crippen LogP contribution >= 0.6 is 15.6 Å². The van der Waals surface area contributed by atoms with Crippen LogP contribution < -0.4 is 0 Å². The summed E-state index contributed by atoms with van der Waals surface area (Å²) in [6, 6.07) is 0. The van der Waals surface area contributed by atoms with E-state index in [1.807, 2.05) is 0 Å². The third-order valence-electron chi connectivity index (χ3n) is 9.64. The number of phosphoric ester groups is 2. The summed E-state index contributed by atoms with van der Waals surface area (Å²) in [5, 5.41) is 9.74. The summed E-state index contributed by atoms with van der Waals surface area (Å²) in [6.45, 7) is 1.78. The fourth-order valence-electron chi connectivity index (χ4n) is 6.23. The number of esters is 2.